The number of carbonyl (C=O) groups is 2. The number of rotatable bonds is 16. The molecule has 55 heavy (non-hydrogen) atoms. The van der Waals surface area contributed by atoms with Crippen molar-refractivity contribution in [2.45, 2.75) is 185 Å². The number of sulfone groups is 1. The molecule has 0 saturated carbocycles. The molecule has 2 aromatic carbocycles. The van der Waals surface area contributed by atoms with Crippen LogP contribution in [0, 0.1) is 50.4 Å². The van der Waals surface area contributed by atoms with Gasteiger partial charge in [0.15, 0.2) is 9.84 Å². The fourth-order valence-electron chi connectivity index (χ4n) is 8.78. The van der Waals surface area contributed by atoms with Crippen LogP contribution in [0.5, 0.6) is 11.5 Å². The SMILES string of the molecule is Cc1cc(C(C)(C)CC(C)(C)C)c(O)c(C)c1COC(=O)CC(C(C)C)S(=O)(=O)C(CC(=O)OCc1c(C)cc(C(C)(C)CC(C)(C)C)c(O)c1C)C(C)C. The third-order valence-corrected chi connectivity index (χ3v) is 14.1. The summed E-state index contributed by atoms with van der Waals surface area (Å²) in [5, 5.41) is 20.4. The number of carbonyl (C=O) groups excluding carboxylic acids is 2. The first-order valence-corrected chi connectivity index (χ1v) is 21.5. The summed E-state index contributed by atoms with van der Waals surface area (Å²) < 4.78 is 39.8. The van der Waals surface area contributed by atoms with E-state index in [0.717, 1.165) is 35.1 Å². The molecular formula is C46H74O8S. The van der Waals surface area contributed by atoms with Crippen LogP contribution in [0.25, 0.3) is 0 Å². The first-order valence-electron chi connectivity index (χ1n) is 19.9. The minimum Gasteiger partial charge on any atom is -0.507 e. The van der Waals surface area contributed by atoms with E-state index in [1.54, 1.807) is 27.7 Å². The minimum absolute atomic E-state index is 0.0493. The molecule has 2 aromatic rings. The number of esters is 2. The first-order chi connectivity index (χ1) is 24.7. The van der Waals surface area contributed by atoms with Gasteiger partial charge in [-0.3, -0.25) is 9.59 Å². The van der Waals surface area contributed by atoms with Gasteiger partial charge >= 0.3 is 11.9 Å². The number of ether oxygens (including phenoxy) is 2. The van der Waals surface area contributed by atoms with Crippen molar-refractivity contribution < 1.29 is 37.7 Å². The molecule has 0 aliphatic carbocycles. The highest BCUT2D eigenvalue weighted by Gasteiger charge is 2.41. The second-order valence-electron chi connectivity index (χ2n) is 20.5. The molecule has 2 unspecified atom stereocenters. The second-order valence-corrected chi connectivity index (χ2v) is 22.9. The van der Waals surface area contributed by atoms with Crippen molar-refractivity contribution in [1.82, 2.24) is 0 Å². The van der Waals surface area contributed by atoms with Gasteiger partial charge in [0.05, 0.1) is 23.3 Å². The van der Waals surface area contributed by atoms with Gasteiger partial charge in [-0.1, -0.05) is 109 Å². The number of phenolic OH excluding ortho intramolecular Hbond substituents is 2. The quantitative estimate of drug-likeness (QED) is 0.161. The molecule has 0 saturated heterocycles. The summed E-state index contributed by atoms with van der Waals surface area (Å²) in [6.45, 7) is 35.8. The Balaban J connectivity index is 2.24. The predicted octanol–water partition coefficient (Wildman–Crippen LogP) is 10.8. The van der Waals surface area contributed by atoms with E-state index < -0.39 is 44.1 Å². The van der Waals surface area contributed by atoms with Crippen LogP contribution in [0.2, 0.25) is 0 Å². The van der Waals surface area contributed by atoms with Crippen LogP contribution in [0.4, 0.5) is 0 Å². The molecule has 0 radical (unpaired) electrons. The van der Waals surface area contributed by atoms with Crippen LogP contribution in [0.15, 0.2) is 12.1 Å². The van der Waals surface area contributed by atoms with E-state index in [0.29, 0.717) is 22.3 Å². The molecule has 0 heterocycles. The molecule has 0 aliphatic rings. The third-order valence-electron chi connectivity index (χ3n) is 11.0. The highest BCUT2D eigenvalue weighted by Crippen LogP contribution is 2.44. The highest BCUT2D eigenvalue weighted by atomic mass is 32.2. The van der Waals surface area contributed by atoms with Crippen LogP contribution < -0.4 is 0 Å². The van der Waals surface area contributed by atoms with Crippen molar-refractivity contribution >= 4 is 21.8 Å². The van der Waals surface area contributed by atoms with Crippen molar-refractivity contribution in [2.75, 3.05) is 0 Å². The highest BCUT2D eigenvalue weighted by molar-refractivity contribution is 7.92. The van der Waals surface area contributed by atoms with Gasteiger partial charge in [-0.15, -0.1) is 0 Å². The van der Waals surface area contributed by atoms with Crippen molar-refractivity contribution in [1.29, 1.82) is 0 Å². The molecule has 0 bridgehead atoms. The lowest BCUT2D eigenvalue weighted by atomic mass is 9.71. The fraction of sp³-hybridized carbons (Fsp3) is 0.696. The lowest BCUT2D eigenvalue weighted by Crippen LogP contribution is -2.41. The van der Waals surface area contributed by atoms with Crippen LogP contribution in [-0.4, -0.2) is 41.1 Å². The number of hydrogen-bond acceptors (Lipinski definition) is 8. The normalized spacial score (nSPS) is 14.3. The standard InChI is InChI=1S/C46H74O8S/c1-27(2)37(21-39(47)53-23-33-29(5)19-35(41(49)31(33)7)45(15,16)25-43(9,10)11)55(51,52)38(28(3)4)22-40(48)54-24-34-30(6)20-36(42(50)32(34)8)46(17,18)26-44(12,13)14/h19-20,27-28,37-38,49-50H,21-26H2,1-18H3. The summed E-state index contributed by atoms with van der Waals surface area (Å²) in [7, 11) is -4.02. The average Bonchev–Trinajstić information content (AvgIpc) is 2.99. The van der Waals surface area contributed by atoms with Crippen LogP contribution >= 0.6 is 0 Å². The largest absolute Gasteiger partial charge is 0.507 e. The Hall–Kier alpha value is -3.07. The second kappa shape index (κ2) is 17.6. The molecule has 0 spiro atoms. The van der Waals surface area contributed by atoms with Crippen molar-refractivity contribution in [3.05, 3.63) is 56.6 Å². The number of benzene rings is 2. The van der Waals surface area contributed by atoms with Gasteiger partial charge in [-0.05, 0) is 107 Å². The number of hydrogen-bond donors (Lipinski definition) is 2. The summed E-state index contributed by atoms with van der Waals surface area (Å²) in [5.41, 5.74) is 5.62. The van der Waals surface area contributed by atoms with Gasteiger partial charge in [0.1, 0.15) is 24.7 Å². The maximum absolute atomic E-state index is 14.2. The van der Waals surface area contributed by atoms with Gasteiger partial charge in [0, 0.05) is 11.1 Å². The molecule has 2 atom stereocenters. The molecule has 0 aliphatic heterocycles. The average molecular weight is 787 g/mol. The molecule has 0 fully saturated rings. The van der Waals surface area contributed by atoms with Crippen LogP contribution in [-0.2, 0) is 52.9 Å². The zero-order valence-electron chi connectivity index (χ0n) is 37.5. The molecule has 2 N–H and O–H groups in total. The molecular weight excluding hydrogens is 713 g/mol. The zero-order valence-corrected chi connectivity index (χ0v) is 38.3. The first kappa shape index (κ1) is 48.1. The van der Waals surface area contributed by atoms with Crippen molar-refractivity contribution in [3.63, 3.8) is 0 Å². The predicted molar refractivity (Wildman–Crippen MR) is 224 cm³/mol. The Kier molecular flexibility index (Phi) is 15.4. The summed E-state index contributed by atoms with van der Waals surface area (Å²) >= 11 is 0. The van der Waals surface area contributed by atoms with E-state index in [9.17, 15) is 28.2 Å². The van der Waals surface area contributed by atoms with Crippen molar-refractivity contribution in [2.24, 2.45) is 22.7 Å². The lowest BCUT2D eigenvalue weighted by molar-refractivity contribution is -0.145. The minimum atomic E-state index is -4.02. The molecule has 312 valence electrons. The fourth-order valence-corrected chi connectivity index (χ4v) is 11.5. The van der Waals surface area contributed by atoms with Gasteiger partial charge in [0.25, 0.3) is 0 Å². The van der Waals surface area contributed by atoms with Gasteiger partial charge in [-0.2, -0.15) is 0 Å². The zero-order chi connectivity index (χ0) is 42.8. The monoisotopic (exact) mass is 787 g/mol. The third kappa shape index (κ3) is 12.5. The number of phenols is 2. The Labute approximate surface area is 334 Å². The Morgan fingerprint density at radius 2 is 0.891 bits per heavy atom. The van der Waals surface area contributed by atoms with Gasteiger partial charge in [-0.25, -0.2) is 8.42 Å². The molecule has 0 aromatic heterocycles. The maximum Gasteiger partial charge on any atom is 0.307 e. The maximum atomic E-state index is 14.2. The Morgan fingerprint density at radius 3 is 1.15 bits per heavy atom. The topological polar surface area (TPSA) is 127 Å². The summed E-state index contributed by atoms with van der Waals surface area (Å²) in [5.74, 6) is -1.83. The molecule has 2 rings (SSSR count). The van der Waals surface area contributed by atoms with Crippen LogP contribution in [0.1, 0.15) is 167 Å². The molecule has 0 amide bonds. The molecule has 8 nitrogen and oxygen atoms in total. The Morgan fingerprint density at radius 1 is 0.600 bits per heavy atom. The van der Waals surface area contributed by atoms with E-state index in [2.05, 4.69) is 69.2 Å². The summed E-state index contributed by atoms with van der Waals surface area (Å²) in [6, 6.07) is 3.92. The molecule has 9 heteroatoms. The Bertz CT molecular complexity index is 1670. The van der Waals surface area contributed by atoms with E-state index in [1.807, 2.05) is 39.8 Å². The van der Waals surface area contributed by atoms with E-state index in [-0.39, 0.29) is 59.2 Å². The van der Waals surface area contributed by atoms with Crippen LogP contribution in [0.3, 0.4) is 0 Å². The lowest BCUT2D eigenvalue weighted by Gasteiger charge is -2.34. The van der Waals surface area contributed by atoms with E-state index in [4.69, 9.17) is 9.47 Å². The number of aryl methyl sites for hydroxylation is 2. The number of aromatic hydroxyl groups is 2. The summed E-state index contributed by atoms with van der Waals surface area (Å²) in [6.07, 6.45) is 0.980. The van der Waals surface area contributed by atoms with E-state index in [1.165, 1.54) is 0 Å². The summed E-state index contributed by atoms with van der Waals surface area (Å²) in [4.78, 5) is 26.7. The smallest absolute Gasteiger partial charge is 0.307 e. The van der Waals surface area contributed by atoms with E-state index >= 15 is 0 Å². The van der Waals surface area contributed by atoms with Crippen molar-refractivity contribution in [3.8, 4) is 11.5 Å². The van der Waals surface area contributed by atoms with Gasteiger partial charge in [0.2, 0.25) is 0 Å². The van der Waals surface area contributed by atoms with Gasteiger partial charge < -0.3 is 19.7 Å².